The minimum Gasteiger partial charge on any atom is -0.497 e. The lowest BCUT2D eigenvalue weighted by molar-refractivity contribution is -0.122. The van der Waals surface area contributed by atoms with E-state index in [2.05, 4.69) is 10.3 Å². The third kappa shape index (κ3) is 5.61. The van der Waals surface area contributed by atoms with Gasteiger partial charge in [-0.25, -0.2) is 4.98 Å². The molecule has 1 unspecified atom stereocenters. The molecule has 1 aromatic carbocycles. The fourth-order valence-corrected chi connectivity index (χ4v) is 3.53. The van der Waals surface area contributed by atoms with E-state index in [4.69, 9.17) is 10.5 Å². The normalized spacial score (nSPS) is 19.5. The number of carbonyl (C=O) groups excluding carboxylic acids is 1. The minimum absolute atomic E-state index is 0. The van der Waals surface area contributed by atoms with Crippen LogP contribution in [0.25, 0.3) is 0 Å². The zero-order valence-electron chi connectivity index (χ0n) is 15.6. The molecule has 27 heavy (non-hydrogen) atoms. The lowest BCUT2D eigenvalue weighted by atomic mass is 9.99. The number of nitrogens with one attached hydrogen (secondary N) is 1. The van der Waals surface area contributed by atoms with Gasteiger partial charge >= 0.3 is 0 Å². The summed E-state index contributed by atoms with van der Waals surface area (Å²) < 4.78 is 7.15. The van der Waals surface area contributed by atoms with Gasteiger partial charge in [0.15, 0.2) is 0 Å². The van der Waals surface area contributed by atoms with Gasteiger partial charge in [0.05, 0.1) is 7.11 Å². The van der Waals surface area contributed by atoms with Gasteiger partial charge in [-0.1, -0.05) is 18.6 Å². The summed E-state index contributed by atoms with van der Waals surface area (Å²) in [6.45, 7) is 0. The summed E-state index contributed by atoms with van der Waals surface area (Å²) in [5.74, 6) is 1.88. The molecule has 1 fully saturated rings. The van der Waals surface area contributed by atoms with E-state index >= 15 is 0 Å². The summed E-state index contributed by atoms with van der Waals surface area (Å²) in [4.78, 5) is 17.1. The van der Waals surface area contributed by atoms with Crippen molar-refractivity contribution >= 4 is 30.7 Å². The number of hydrogen-bond donors (Lipinski definition) is 2. The summed E-state index contributed by atoms with van der Waals surface area (Å²) in [7, 11) is 3.57. The molecule has 2 aromatic rings. The highest BCUT2D eigenvalue weighted by Crippen LogP contribution is 2.28. The SMILES string of the molecule is COc1ccc(C(NC(=O)C[C@@H]2CCC[C@H]2N)c2nccn2C)cc1.Cl.Cl. The number of hydrogen-bond acceptors (Lipinski definition) is 4. The average Bonchev–Trinajstić information content (AvgIpc) is 3.21. The van der Waals surface area contributed by atoms with Gasteiger partial charge in [0, 0.05) is 31.9 Å². The molecule has 0 bridgehead atoms. The van der Waals surface area contributed by atoms with Crippen LogP contribution in [-0.2, 0) is 11.8 Å². The van der Waals surface area contributed by atoms with Crippen molar-refractivity contribution in [3.63, 3.8) is 0 Å². The van der Waals surface area contributed by atoms with Crippen LogP contribution in [0.3, 0.4) is 0 Å². The van der Waals surface area contributed by atoms with Crippen LogP contribution in [0.4, 0.5) is 0 Å². The first-order valence-electron chi connectivity index (χ1n) is 8.74. The van der Waals surface area contributed by atoms with Crippen LogP contribution >= 0.6 is 24.8 Å². The van der Waals surface area contributed by atoms with Gasteiger partial charge in [-0.3, -0.25) is 4.79 Å². The molecule has 1 heterocycles. The van der Waals surface area contributed by atoms with Crippen molar-refractivity contribution in [1.29, 1.82) is 0 Å². The van der Waals surface area contributed by atoms with E-state index in [0.717, 1.165) is 36.4 Å². The van der Waals surface area contributed by atoms with Gasteiger partial charge in [-0.05, 0) is 36.5 Å². The van der Waals surface area contributed by atoms with E-state index in [0.29, 0.717) is 6.42 Å². The van der Waals surface area contributed by atoms with Crippen LogP contribution < -0.4 is 15.8 Å². The van der Waals surface area contributed by atoms with Crippen molar-refractivity contribution in [3.8, 4) is 5.75 Å². The van der Waals surface area contributed by atoms with Crippen molar-refractivity contribution in [2.45, 2.75) is 37.8 Å². The molecule has 0 radical (unpaired) electrons. The Kier molecular flexibility index (Phi) is 9.09. The van der Waals surface area contributed by atoms with Gasteiger partial charge < -0.3 is 20.4 Å². The second kappa shape index (κ2) is 10.5. The standard InChI is InChI=1S/C19H26N4O2.2ClH/c1-23-11-10-21-19(23)18(13-6-8-15(25-2)9-7-13)22-17(24)12-14-4-3-5-16(14)20;;/h6-11,14,16,18H,3-5,12,20H2,1-2H3,(H,22,24);2*1H/t14-,16+,18?;;/m0../s1. The number of halogens is 2. The third-order valence-electron chi connectivity index (χ3n) is 5.04. The highest BCUT2D eigenvalue weighted by molar-refractivity contribution is 5.85. The Morgan fingerprint density at radius 3 is 2.56 bits per heavy atom. The molecule has 1 aromatic heterocycles. The number of aryl methyl sites for hydroxylation is 1. The number of benzene rings is 1. The summed E-state index contributed by atoms with van der Waals surface area (Å²) in [5, 5.41) is 3.14. The summed E-state index contributed by atoms with van der Waals surface area (Å²) in [6, 6.07) is 7.54. The van der Waals surface area contributed by atoms with Crippen LogP contribution in [0, 0.1) is 5.92 Å². The largest absolute Gasteiger partial charge is 0.497 e. The van der Waals surface area contributed by atoms with E-state index in [-0.39, 0.29) is 48.7 Å². The van der Waals surface area contributed by atoms with Crippen molar-refractivity contribution < 1.29 is 9.53 Å². The lowest BCUT2D eigenvalue weighted by Crippen LogP contribution is -2.35. The van der Waals surface area contributed by atoms with Crippen molar-refractivity contribution in [2.24, 2.45) is 18.7 Å². The van der Waals surface area contributed by atoms with E-state index in [1.165, 1.54) is 0 Å². The molecule has 0 aliphatic heterocycles. The topological polar surface area (TPSA) is 82.2 Å². The van der Waals surface area contributed by atoms with Gasteiger partial charge in [-0.15, -0.1) is 24.8 Å². The first-order valence-corrected chi connectivity index (χ1v) is 8.74. The smallest absolute Gasteiger partial charge is 0.221 e. The van der Waals surface area contributed by atoms with E-state index < -0.39 is 0 Å². The zero-order chi connectivity index (χ0) is 17.8. The second-order valence-corrected chi connectivity index (χ2v) is 6.73. The Labute approximate surface area is 172 Å². The summed E-state index contributed by atoms with van der Waals surface area (Å²) in [5.41, 5.74) is 7.08. The van der Waals surface area contributed by atoms with E-state index in [1.54, 1.807) is 13.3 Å². The van der Waals surface area contributed by atoms with Gasteiger partial charge in [0.2, 0.25) is 5.91 Å². The highest BCUT2D eigenvalue weighted by atomic mass is 35.5. The van der Waals surface area contributed by atoms with Crippen molar-refractivity contribution in [2.75, 3.05) is 7.11 Å². The van der Waals surface area contributed by atoms with Crippen molar-refractivity contribution in [3.05, 3.63) is 48.0 Å². The molecule has 3 rings (SSSR count). The Hall–Kier alpha value is -1.76. The molecule has 0 spiro atoms. The van der Waals surface area contributed by atoms with Crippen LogP contribution in [0.2, 0.25) is 0 Å². The fourth-order valence-electron chi connectivity index (χ4n) is 3.53. The average molecular weight is 415 g/mol. The van der Waals surface area contributed by atoms with E-state index in [9.17, 15) is 4.79 Å². The number of methoxy groups -OCH3 is 1. The molecule has 1 saturated carbocycles. The second-order valence-electron chi connectivity index (χ2n) is 6.73. The number of carbonyl (C=O) groups is 1. The minimum atomic E-state index is -0.295. The lowest BCUT2D eigenvalue weighted by Gasteiger charge is -2.21. The monoisotopic (exact) mass is 414 g/mol. The van der Waals surface area contributed by atoms with Crippen LogP contribution in [-0.4, -0.2) is 28.6 Å². The number of nitrogens with zero attached hydrogens (tertiary/aromatic N) is 2. The highest BCUT2D eigenvalue weighted by Gasteiger charge is 2.28. The first kappa shape index (κ1) is 23.3. The molecule has 3 N–H and O–H groups in total. The number of ether oxygens (including phenoxy) is 1. The number of amides is 1. The maximum absolute atomic E-state index is 12.6. The Balaban J connectivity index is 0.00000182. The van der Waals surface area contributed by atoms with Crippen LogP contribution in [0.1, 0.15) is 43.1 Å². The molecule has 1 amide bonds. The summed E-state index contributed by atoms with van der Waals surface area (Å²) >= 11 is 0. The van der Waals surface area contributed by atoms with Gasteiger partial charge in [-0.2, -0.15) is 0 Å². The third-order valence-corrected chi connectivity index (χ3v) is 5.04. The Bertz CT molecular complexity index is 721. The Morgan fingerprint density at radius 1 is 1.33 bits per heavy atom. The van der Waals surface area contributed by atoms with Gasteiger partial charge in [0.1, 0.15) is 17.6 Å². The number of rotatable bonds is 6. The molecule has 150 valence electrons. The van der Waals surface area contributed by atoms with Crippen LogP contribution in [0.5, 0.6) is 5.75 Å². The molecule has 1 aliphatic carbocycles. The molecular weight excluding hydrogens is 387 g/mol. The maximum Gasteiger partial charge on any atom is 0.221 e. The first-order chi connectivity index (χ1) is 12.1. The van der Waals surface area contributed by atoms with Crippen molar-refractivity contribution in [1.82, 2.24) is 14.9 Å². The maximum atomic E-state index is 12.6. The fraction of sp³-hybridized carbons (Fsp3) is 0.474. The predicted molar refractivity (Wildman–Crippen MR) is 111 cm³/mol. The molecule has 8 heteroatoms. The predicted octanol–water partition coefficient (Wildman–Crippen LogP) is 3.00. The van der Waals surface area contributed by atoms with Gasteiger partial charge in [0.25, 0.3) is 0 Å². The molecular formula is C19H28Cl2N4O2. The van der Waals surface area contributed by atoms with Crippen LogP contribution in [0.15, 0.2) is 36.7 Å². The molecule has 3 atom stereocenters. The Morgan fingerprint density at radius 2 is 2.04 bits per heavy atom. The molecule has 6 nitrogen and oxygen atoms in total. The molecule has 0 saturated heterocycles. The quantitative estimate of drug-likeness (QED) is 0.760. The number of aromatic nitrogens is 2. The molecule has 1 aliphatic rings. The number of nitrogens with two attached hydrogens (primary N) is 1. The van der Waals surface area contributed by atoms with E-state index in [1.807, 2.05) is 42.1 Å². The number of imidazole rings is 1. The zero-order valence-corrected chi connectivity index (χ0v) is 17.3. The summed E-state index contributed by atoms with van der Waals surface area (Å²) in [6.07, 6.45) is 7.25.